The average Bonchev–Trinajstić information content (AvgIpc) is 3.48. The molecule has 1 N–H and O–H groups in total. The van der Waals surface area contributed by atoms with Gasteiger partial charge < -0.3 is 9.47 Å². The van der Waals surface area contributed by atoms with Gasteiger partial charge >= 0.3 is 0 Å². The van der Waals surface area contributed by atoms with E-state index in [1.807, 2.05) is 24.7 Å². The number of aryl methyl sites for hydroxylation is 3. The molecule has 0 unspecified atom stereocenters. The summed E-state index contributed by atoms with van der Waals surface area (Å²) >= 11 is 1.18. The number of nitrogens with one attached hydrogen (secondary N) is 1. The number of anilines is 2. The molecule has 0 spiro atoms. The van der Waals surface area contributed by atoms with Crippen molar-refractivity contribution in [1.82, 2.24) is 14.5 Å². The predicted octanol–water partition coefficient (Wildman–Crippen LogP) is 4.71. The Kier molecular flexibility index (Phi) is 5.17. The van der Waals surface area contributed by atoms with Crippen molar-refractivity contribution in [2.75, 3.05) is 22.7 Å². The standard InChI is InChI=1S/C23H25N5O2S2/c1-15-23(31-16(2)25-15)32(29,30)26-20-9-10-24-22-21(20)19(14-27(22)3)17-7-6-8-18(13-17)28-11-4-5-12-28/h6-10,13-14H,4-5,11-12H2,1-3H3,(H,24,26). The number of pyridine rings is 1. The molecule has 0 aliphatic carbocycles. The van der Waals surface area contributed by atoms with Crippen LogP contribution in [-0.2, 0) is 17.1 Å². The lowest BCUT2D eigenvalue weighted by atomic mass is 10.0. The largest absolute Gasteiger partial charge is 0.372 e. The van der Waals surface area contributed by atoms with Crippen LogP contribution in [0.25, 0.3) is 22.2 Å². The highest BCUT2D eigenvalue weighted by atomic mass is 32.2. The predicted molar refractivity (Wildman–Crippen MR) is 130 cm³/mol. The Bertz CT molecular complexity index is 1420. The van der Waals surface area contributed by atoms with Crippen molar-refractivity contribution in [3.8, 4) is 11.1 Å². The zero-order valence-corrected chi connectivity index (χ0v) is 19.9. The molecule has 0 saturated carbocycles. The van der Waals surface area contributed by atoms with E-state index in [-0.39, 0.29) is 4.21 Å². The summed E-state index contributed by atoms with van der Waals surface area (Å²) in [5.41, 5.74) is 4.94. The van der Waals surface area contributed by atoms with Gasteiger partial charge in [0, 0.05) is 43.8 Å². The zero-order chi connectivity index (χ0) is 22.5. The molecule has 7 nitrogen and oxygen atoms in total. The van der Waals surface area contributed by atoms with Gasteiger partial charge in [0.05, 0.1) is 21.8 Å². The molecule has 0 atom stereocenters. The van der Waals surface area contributed by atoms with Crippen molar-refractivity contribution in [3.05, 3.63) is 53.4 Å². The van der Waals surface area contributed by atoms with E-state index in [1.165, 1.54) is 29.9 Å². The second-order valence-electron chi connectivity index (χ2n) is 8.17. The first-order chi connectivity index (χ1) is 15.3. The Morgan fingerprint density at radius 1 is 1.12 bits per heavy atom. The number of nitrogens with zero attached hydrogens (tertiary/aromatic N) is 4. The van der Waals surface area contributed by atoms with E-state index >= 15 is 0 Å². The van der Waals surface area contributed by atoms with E-state index < -0.39 is 10.0 Å². The Morgan fingerprint density at radius 3 is 2.62 bits per heavy atom. The second kappa shape index (κ2) is 7.90. The summed E-state index contributed by atoms with van der Waals surface area (Å²) in [5, 5.41) is 1.51. The van der Waals surface area contributed by atoms with Crippen molar-refractivity contribution >= 4 is 43.8 Å². The Hall–Kier alpha value is -2.91. The number of rotatable bonds is 5. The van der Waals surface area contributed by atoms with Crippen LogP contribution in [0.3, 0.4) is 0 Å². The van der Waals surface area contributed by atoms with E-state index in [4.69, 9.17) is 0 Å². The average molecular weight is 468 g/mol. The monoisotopic (exact) mass is 467 g/mol. The van der Waals surface area contributed by atoms with Crippen LogP contribution in [0.4, 0.5) is 11.4 Å². The lowest BCUT2D eigenvalue weighted by Gasteiger charge is -2.18. The van der Waals surface area contributed by atoms with Crippen LogP contribution in [0.1, 0.15) is 23.5 Å². The molecule has 1 aliphatic heterocycles. The van der Waals surface area contributed by atoms with E-state index in [9.17, 15) is 8.42 Å². The zero-order valence-electron chi connectivity index (χ0n) is 18.3. The maximum Gasteiger partial charge on any atom is 0.273 e. The Morgan fingerprint density at radius 2 is 1.91 bits per heavy atom. The van der Waals surface area contributed by atoms with Crippen LogP contribution in [0.5, 0.6) is 0 Å². The topological polar surface area (TPSA) is 80.1 Å². The van der Waals surface area contributed by atoms with Crippen molar-refractivity contribution < 1.29 is 8.42 Å². The molecular weight excluding hydrogens is 442 g/mol. The van der Waals surface area contributed by atoms with Crippen LogP contribution >= 0.6 is 11.3 Å². The number of hydrogen-bond donors (Lipinski definition) is 1. The summed E-state index contributed by atoms with van der Waals surface area (Å²) < 4.78 is 31.4. The van der Waals surface area contributed by atoms with Gasteiger partial charge in [-0.05, 0) is 50.5 Å². The maximum absolute atomic E-state index is 13.2. The fraction of sp³-hybridized carbons (Fsp3) is 0.304. The molecule has 4 aromatic rings. The molecule has 9 heteroatoms. The van der Waals surface area contributed by atoms with Crippen LogP contribution in [-0.4, -0.2) is 36.0 Å². The minimum absolute atomic E-state index is 0.244. The summed E-state index contributed by atoms with van der Waals surface area (Å²) in [6, 6.07) is 10.2. The van der Waals surface area contributed by atoms with E-state index in [0.717, 1.165) is 40.3 Å². The number of fused-ring (bicyclic) bond motifs is 1. The third-order valence-electron chi connectivity index (χ3n) is 5.83. The van der Waals surface area contributed by atoms with Gasteiger partial charge in [0.25, 0.3) is 10.0 Å². The number of sulfonamides is 1. The number of aromatic nitrogens is 3. The molecule has 0 amide bonds. The summed E-state index contributed by atoms with van der Waals surface area (Å²) in [6.07, 6.45) is 6.08. The van der Waals surface area contributed by atoms with Crippen molar-refractivity contribution in [2.45, 2.75) is 30.9 Å². The minimum Gasteiger partial charge on any atom is -0.372 e. The number of benzene rings is 1. The fourth-order valence-corrected chi connectivity index (χ4v) is 6.96. The van der Waals surface area contributed by atoms with Crippen molar-refractivity contribution in [1.29, 1.82) is 0 Å². The van der Waals surface area contributed by atoms with Crippen LogP contribution in [0.2, 0.25) is 0 Å². The minimum atomic E-state index is -3.76. The number of hydrogen-bond acceptors (Lipinski definition) is 6. The molecule has 1 fully saturated rings. The van der Waals surface area contributed by atoms with Gasteiger partial charge in [-0.15, -0.1) is 11.3 Å². The smallest absolute Gasteiger partial charge is 0.273 e. The molecular formula is C23H25N5O2S2. The maximum atomic E-state index is 13.2. The first kappa shape index (κ1) is 21.0. The third kappa shape index (κ3) is 3.65. The van der Waals surface area contributed by atoms with Gasteiger partial charge in [-0.1, -0.05) is 12.1 Å². The van der Waals surface area contributed by atoms with Gasteiger partial charge in [0.15, 0.2) is 4.21 Å². The first-order valence-corrected chi connectivity index (χ1v) is 12.9. The summed E-state index contributed by atoms with van der Waals surface area (Å²) in [4.78, 5) is 11.2. The van der Waals surface area contributed by atoms with Crippen LogP contribution in [0, 0.1) is 13.8 Å². The van der Waals surface area contributed by atoms with Gasteiger partial charge in [-0.2, -0.15) is 0 Å². The second-order valence-corrected chi connectivity index (χ2v) is 11.2. The van der Waals surface area contributed by atoms with Crippen LogP contribution < -0.4 is 9.62 Å². The quantitative estimate of drug-likeness (QED) is 0.460. The van der Waals surface area contributed by atoms with Gasteiger partial charge in [0.2, 0.25) is 0 Å². The molecule has 0 bridgehead atoms. The molecule has 166 valence electrons. The third-order valence-corrected chi connectivity index (χ3v) is 8.88. The highest BCUT2D eigenvalue weighted by Crippen LogP contribution is 2.37. The van der Waals surface area contributed by atoms with Crippen molar-refractivity contribution in [2.24, 2.45) is 7.05 Å². The highest BCUT2D eigenvalue weighted by molar-refractivity contribution is 7.94. The lowest BCUT2D eigenvalue weighted by molar-refractivity contribution is 0.602. The molecule has 4 heterocycles. The summed E-state index contributed by atoms with van der Waals surface area (Å²) in [6.45, 7) is 5.67. The van der Waals surface area contributed by atoms with Crippen molar-refractivity contribution in [3.63, 3.8) is 0 Å². The van der Waals surface area contributed by atoms with E-state index in [0.29, 0.717) is 11.4 Å². The van der Waals surface area contributed by atoms with Gasteiger partial charge in [-0.25, -0.2) is 18.4 Å². The molecule has 3 aromatic heterocycles. The Labute approximate surface area is 191 Å². The van der Waals surface area contributed by atoms with E-state index in [1.54, 1.807) is 19.2 Å². The summed E-state index contributed by atoms with van der Waals surface area (Å²) in [5.74, 6) is 0. The molecule has 32 heavy (non-hydrogen) atoms. The molecule has 5 rings (SSSR count). The fourth-order valence-electron chi connectivity index (χ4n) is 4.41. The normalized spacial score (nSPS) is 14.4. The molecule has 1 aliphatic rings. The first-order valence-electron chi connectivity index (χ1n) is 10.6. The molecule has 0 radical (unpaired) electrons. The van der Waals surface area contributed by atoms with Crippen LogP contribution in [0.15, 0.2) is 46.9 Å². The highest BCUT2D eigenvalue weighted by Gasteiger charge is 2.24. The van der Waals surface area contributed by atoms with E-state index in [2.05, 4.69) is 43.9 Å². The number of thiazole rings is 1. The molecule has 1 saturated heterocycles. The lowest BCUT2D eigenvalue weighted by Crippen LogP contribution is -2.17. The SMILES string of the molecule is Cc1nc(C)c(S(=O)(=O)Nc2ccnc3c2c(-c2cccc(N4CCCC4)c2)cn3C)s1. The van der Waals surface area contributed by atoms with Gasteiger partial charge in [0.1, 0.15) is 5.65 Å². The van der Waals surface area contributed by atoms with Gasteiger partial charge in [-0.3, -0.25) is 4.72 Å². The Balaban J connectivity index is 1.62. The summed E-state index contributed by atoms with van der Waals surface area (Å²) in [7, 11) is -1.84. The molecule has 1 aromatic carbocycles.